The fourth-order valence-electron chi connectivity index (χ4n) is 1.30. The van der Waals surface area contributed by atoms with Gasteiger partial charge in [0.1, 0.15) is 0 Å². The number of thiophene rings is 1. The predicted molar refractivity (Wildman–Crippen MR) is 53.5 cm³/mol. The van der Waals surface area contributed by atoms with Gasteiger partial charge in [-0.05, 0) is 11.4 Å². The molecule has 6 nitrogen and oxygen atoms in total. The Morgan fingerprint density at radius 2 is 1.84 bits per heavy atom. The Bertz CT molecular complexity index is 618. The number of alkyl halides is 3. The van der Waals surface area contributed by atoms with Crippen LogP contribution in [0.1, 0.15) is 9.67 Å². The molecule has 0 amide bonds. The highest BCUT2D eigenvalue weighted by Crippen LogP contribution is 2.40. The molecular weight excluding hydrogens is 313 g/mol. The summed E-state index contributed by atoms with van der Waals surface area (Å²) in [7, 11) is -4.77. The van der Waals surface area contributed by atoms with Crippen LogP contribution in [0.4, 0.5) is 13.2 Å². The number of carbonyl (C=O) groups is 2. The van der Waals surface area contributed by atoms with Crippen molar-refractivity contribution in [3.8, 4) is 0 Å². The third-order valence-electron chi connectivity index (χ3n) is 2.04. The molecule has 1 saturated heterocycles. The molecular formula is C8H3F3O6S2. The number of hydrogen-bond donors (Lipinski definition) is 0. The highest BCUT2D eigenvalue weighted by Gasteiger charge is 2.70. The SMILES string of the molecule is O=C(c1cccs1)C1(C(=O)C(F)(F)F)OS(=O)(=O)O1. The van der Waals surface area contributed by atoms with Gasteiger partial charge in [-0.25, -0.2) is 0 Å². The molecule has 0 unspecified atom stereocenters. The molecule has 2 heterocycles. The number of hydrogen-bond acceptors (Lipinski definition) is 7. The third-order valence-corrected chi connectivity index (χ3v) is 3.79. The molecule has 0 aromatic carbocycles. The summed E-state index contributed by atoms with van der Waals surface area (Å²) in [6, 6.07) is 2.44. The molecule has 0 bridgehead atoms. The van der Waals surface area contributed by atoms with Gasteiger partial charge in [-0.3, -0.25) is 9.59 Å². The Kier molecular flexibility index (Phi) is 3.04. The second kappa shape index (κ2) is 4.10. The van der Waals surface area contributed by atoms with Crippen molar-refractivity contribution in [3.63, 3.8) is 0 Å². The topological polar surface area (TPSA) is 86.7 Å². The average Bonchev–Trinajstić information content (AvgIpc) is 2.75. The minimum absolute atomic E-state index is 0.299. The largest absolute Gasteiger partial charge is 0.456 e. The fraction of sp³-hybridized carbons (Fsp3) is 0.250. The van der Waals surface area contributed by atoms with E-state index < -0.39 is 33.9 Å². The van der Waals surface area contributed by atoms with Crippen LogP contribution in [0.3, 0.4) is 0 Å². The van der Waals surface area contributed by atoms with Gasteiger partial charge in [0.15, 0.2) is 0 Å². The molecule has 1 aromatic rings. The molecule has 0 radical (unpaired) electrons. The molecule has 11 heteroatoms. The zero-order valence-electron chi connectivity index (χ0n) is 8.63. The zero-order chi connectivity index (χ0) is 14.5. The molecule has 0 atom stereocenters. The number of Topliss-reactive ketones (excluding diaryl/α,β-unsaturated/α-hetero) is 2. The first kappa shape index (κ1) is 14.1. The molecule has 1 aliphatic rings. The van der Waals surface area contributed by atoms with Gasteiger partial charge < -0.3 is 0 Å². The van der Waals surface area contributed by atoms with Gasteiger partial charge in [-0.1, -0.05) is 6.07 Å². The van der Waals surface area contributed by atoms with E-state index in [2.05, 4.69) is 8.37 Å². The second-order valence-electron chi connectivity index (χ2n) is 3.32. The lowest BCUT2D eigenvalue weighted by atomic mass is 10.1. The Morgan fingerprint density at radius 1 is 1.26 bits per heavy atom. The number of halogens is 3. The third kappa shape index (κ3) is 2.29. The summed E-state index contributed by atoms with van der Waals surface area (Å²) in [5.41, 5.74) is 0. The smallest absolute Gasteiger partial charge is 0.286 e. The van der Waals surface area contributed by atoms with E-state index in [1.165, 1.54) is 11.4 Å². The summed E-state index contributed by atoms with van der Waals surface area (Å²) in [6.07, 6.45) is -5.48. The molecule has 0 spiro atoms. The van der Waals surface area contributed by atoms with Crippen LogP contribution in [0.25, 0.3) is 0 Å². The minimum Gasteiger partial charge on any atom is -0.286 e. The van der Waals surface area contributed by atoms with Crippen LogP contribution in [-0.4, -0.2) is 31.9 Å². The molecule has 2 rings (SSSR count). The highest BCUT2D eigenvalue weighted by atomic mass is 32.3. The molecule has 104 valence electrons. The summed E-state index contributed by atoms with van der Waals surface area (Å²) in [5.74, 6) is -7.74. The normalized spacial score (nSPS) is 20.6. The van der Waals surface area contributed by atoms with E-state index in [0.717, 1.165) is 6.07 Å². The lowest BCUT2D eigenvalue weighted by Crippen LogP contribution is -2.64. The molecule has 1 aromatic heterocycles. The van der Waals surface area contributed by atoms with E-state index in [1.54, 1.807) is 0 Å². The number of rotatable bonds is 3. The highest BCUT2D eigenvalue weighted by molar-refractivity contribution is 7.83. The number of ketones is 2. The van der Waals surface area contributed by atoms with Crippen LogP contribution in [0, 0.1) is 0 Å². The van der Waals surface area contributed by atoms with Crippen LogP contribution in [0.5, 0.6) is 0 Å². The Hall–Kier alpha value is -1.30. The minimum atomic E-state index is -5.48. The molecule has 1 aliphatic heterocycles. The first-order chi connectivity index (χ1) is 8.58. The summed E-state index contributed by atoms with van der Waals surface area (Å²) >= 11 is 0.711. The van der Waals surface area contributed by atoms with E-state index in [4.69, 9.17) is 0 Å². The summed E-state index contributed by atoms with van der Waals surface area (Å²) in [4.78, 5) is 22.6. The van der Waals surface area contributed by atoms with Gasteiger partial charge >= 0.3 is 28.1 Å². The fourth-order valence-corrected chi connectivity index (χ4v) is 2.90. The van der Waals surface area contributed by atoms with Crippen molar-refractivity contribution < 1.29 is 39.5 Å². The van der Waals surface area contributed by atoms with E-state index in [0.29, 0.717) is 11.3 Å². The van der Waals surface area contributed by atoms with E-state index >= 15 is 0 Å². The first-order valence-corrected chi connectivity index (χ1v) is 6.66. The maximum absolute atomic E-state index is 12.4. The van der Waals surface area contributed by atoms with Crippen LogP contribution < -0.4 is 0 Å². The summed E-state index contributed by atoms with van der Waals surface area (Å²) in [5, 5.41) is 1.35. The Labute approximate surface area is 108 Å². The van der Waals surface area contributed by atoms with Gasteiger partial charge in [0, 0.05) is 0 Å². The van der Waals surface area contributed by atoms with Crippen molar-refractivity contribution in [3.05, 3.63) is 22.4 Å². The van der Waals surface area contributed by atoms with Gasteiger partial charge in [0.2, 0.25) is 5.78 Å². The van der Waals surface area contributed by atoms with Gasteiger partial charge in [-0.15, -0.1) is 11.3 Å². The lowest BCUT2D eigenvalue weighted by molar-refractivity contribution is -0.217. The van der Waals surface area contributed by atoms with E-state index in [1.807, 2.05) is 0 Å². The van der Waals surface area contributed by atoms with Crippen molar-refractivity contribution in [2.45, 2.75) is 12.0 Å². The summed E-state index contributed by atoms with van der Waals surface area (Å²) < 4.78 is 66.1. The van der Waals surface area contributed by atoms with Gasteiger partial charge in [0.05, 0.1) is 4.88 Å². The lowest BCUT2D eigenvalue weighted by Gasteiger charge is -2.35. The van der Waals surface area contributed by atoms with Crippen LogP contribution in [-0.2, 0) is 23.6 Å². The van der Waals surface area contributed by atoms with Crippen molar-refractivity contribution in [2.75, 3.05) is 0 Å². The van der Waals surface area contributed by atoms with Crippen molar-refractivity contribution >= 4 is 33.3 Å². The maximum atomic E-state index is 12.4. The predicted octanol–water partition coefficient (Wildman–Crippen LogP) is 1.05. The number of carbonyl (C=O) groups excluding carboxylic acids is 2. The molecule has 0 saturated carbocycles. The molecule has 0 N–H and O–H groups in total. The van der Waals surface area contributed by atoms with Crippen molar-refractivity contribution in [2.24, 2.45) is 0 Å². The van der Waals surface area contributed by atoms with Crippen LogP contribution in [0.15, 0.2) is 17.5 Å². The Balaban J connectivity index is 2.44. The van der Waals surface area contributed by atoms with Crippen molar-refractivity contribution in [1.82, 2.24) is 0 Å². The molecule has 1 fully saturated rings. The van der Waals surface area contributed by atoms with E-state index in [9.17, 15) is 31.2 Å². The van der Waals surface area contributed by atoms with E-state index in [-0.39, 0.29) is 4.88 Å². The quantitative estimate of drug-likeness (QED) is 0.612. The molecule has 19 heavy (non-hydrogen) atoms. The molecule has 0 aliphatic carbocycles. The standard InChI is InChI=1S/C8H3F3O6S2/c9-8(10,11)6(13)7(16-19(14,15)17-7)5(12)4-2-1-3-18-4/h1-3H. The van der Waals surface area contributed by atoms with Crippen LogP contribution >= 0.6 is 11.3 Å². The van der Waals surface area contributed by atoms with Crippen LogP contribution in [0.2, 0.25) is 0 Å². The average molecular weight is 316 g/mol. The maximum Gasteiger partial charge on any atom is 0.456 e. The second-order valence-corrected chi connectivity index (χ2v) is 5.42. The first-order valence-electron chi connectivity index (χ1n) is 4.45. The van der Waals surface area contributed by atoms with Gasteiger partial charge in [-0.2, -0.15) is 30.0 Å². The van der Waals surface area contributed by atoms with Crippen molar-refractivity contribution in [1.29, 1.82) is 0 Å². The monoisotopic (exact) mass is 316 g/mol. The zero-order valence-corrected chi connectivity index (χ0v) is 10.3. The van der Waals surface area contributed by atoms with Gasteiger partial charge in [0.25, 0.3) is 0 Å². The Morgan fingerprint density at radius 3 is 2.21 bits per heavy atom. The summed E-state index contributed by atoms with van der Waals surface area (Å²) in [6.45, 7) is 0.